The predicted octanol–water partition coefficient (Wildman–Crippen LogP) is 3.22. The summed E-state index contributed by atoms with van der Waals surface area (Å²) < 4.78 is 0. The van der Waals surface area contributed by atoms with Gasteiger partial charge in [-0.3, -0.25) is 0 Å². The van der Waals surface area contributed by atoms with E-state index in [2.05, 4.69) is 91.1 Å². The van der Waals surface area contributed by atoms with Gasteiger partial charge in [-0.1, -0.05) is 91.1 Å². The Kier molecular flexibility index (Phi) is 2.93. The summed E-state index contributed by atoms with van der Waals surface area (Å²) in [7, 11) is 0. The fourth-order valence-corrected chi connectivity index (χ4v) is 3.13. The van der Waals surface area contributed by atoms with Crippen molar-refractivity contribution in [3.63, 3.8) is 0 Å². The van der Waals surface area contributed by atoms with Crippen molar-refractivity contribution in [1.29, 1.82) is 0 Å². The van der Waals surface area contributed by atoms with Crippen LogP contribution in [0.3, 0.4) is 0 Å². The average molecular weight is 268 g/mol. The van der Waals surface area contributed by atoms with Crippen LogP contribution < -0.4 is 10.4 Å². The molecule has 0 heteroatoms. The summed E-state index contributed by atoms with van der Waals surface area (Å²) in [6.07, 6.45) is 15.4. The van der Waals surface area contributed by atoms with E-state index in [1.807, 2.05) is 0 Å². The molecule has 0 amide bonds. The highest BCUT2D eigenvalue weighted by Gasteiger charge is 2.09. The van der Waals surface area contributed by atoms with Gasteiger partial charge in [-0.25, -0.2) is 0 Å². The molecule has 0 spiro atoms. The first-order valence-electron chi connectivity index (χ1n) is 7.35. The molecule has 2 aromatic rings. The Labute approximate surface area is 124 Å². The van der Waals surface area contributed by atoms with Crippen molar-refractivity contribution in [2.24, 2.45) is 5.92 Å². The maximum absolute atomic E-state index is 2.27. The SMILES string of the molecule is C1=C/C2=c3\cccc\c3=c3/ccccc3=CC=CC2C=C1. The third kappa shape index (κ3) is 2.09. The van der Waals surface area contributed by atoms with Gasteiger partial charge in [0, 0.05) is 5.92 Å². The summed E-state index contributed by atoms with van der Waals surface area (Å²) in [6.45, 7) is 0. The summed E-state index contributed by atoms with van der Waals surface area (Å²) in [6, 6.07) is 17.3. The molecule has 100 valence electrons. The van der Waals surface area contributed by atoms with Crippen LogP contribution in [0.2, 0.25) is 0 Å². The number of benzene rings is 2. The standard InChI is InChI=1S/C21H16/c1-3-12-18-16(8-1)10-7-11-17-9-2-4-13-19(17)21-15-6-5-14-20(18)21/h1-16H/b10-7?,17-11?,20-18-,21-19-. The summed E-state index contributed by atoms with van der Waals surface area (Å²) in [5.41, 5.74) is 1.37. The average Bonchev–Trinajstić information content (AvgIpc) is 2.62. The van der Waals surface area contributed by atoms with Crippen LogP contribution in [0.25, 0.3) is 11.6 Å². The van der Waals surface area contributed by atoms with Crippen molar-refractivity contribution < 1.29 is 0 Å². The van der Waals surface area contributed by atoms with Crippen LogP contribution in [-0.2, 0) is 0 Å². The van der Waals surface area contributed by atoms with Crippen LogP contribution in [0.5, 0.6) is 0 Å². The van der Waals surface area contributed by atoms with Gasteiger partial charge in [-0.2, -0.15) is 0 Å². The lowest BCUT2D eigenvalue weighted by Crippen LogP contribution is -2.14. The highest BCUT2D eigenvalue weighted by Crippen LogP contribution is 2.20. The van der Waals surface area contributed by atoms with E-state index in [0.717, 1.165) is 0 Å². The number of fused-ring (bicyclic) bond motifs is 3. The topological polar surface area (TPSA) is 0 Å². The van der Waals surface area contributed by atoms with Crippen molar-refractivity contribution in [2.45, 2.75) is 0 Å². The molecule has 0 aromatic heterocycles. The normalized spacial score (nSPS) is 23.0. The maximum Gasteiger partial charge on any atom is 0.0211 e. The van der Waals surface area contributed by atoms with Gasteiger partial charge in [0.1, 0.15) is 0 Å². The van der Waals surface area contributed by atoms with Crippen LogP contribution in [0.1, 0.15) is 0 Å². The first-order valence-corrected chi connectivity index (χ1v) is 7.35. The third-order valence-electron chi connectivity index (χ3n) is 4.15. The molecule has 2 aliphatic rings. The second-order valence-electron chi connectivity index (χ2n) is 5.41. The van der Waals surface area contributed by atoms with E-state index < -0.39 is 0 Å². The van der Waals surface area contributed by atoms with E-state index in [1.54, 1.807) is 0 Å². The number of allylic oxidation sites excluding steroid dienone is 6. The van der Waals surface area contributed by atoms with Crippen molar-refractivity contribution >= 4 is 11.6 Å². The Morgan fingerprint density at radius 2 is 1.33 bits per heavy atom. The molecule has 0 nitrogen and oxygen atoms in total. The van der Waals surface area contributed by atoms with E-state index in [1.165, 1.54) is 26.4 Å². The zero-order valence-electron chi connectivity index (χ0n) is 11.7. The van der Waals surface area contributed by atoms with Gasteiger partial charge in [0.05, 0.1) is 0 Å². The van der Waals surface area contributed by atoms with E-state index in [4.69, 9.17) is 0 Å². The molecule has 0 fully saturated rings. The molecular formula is C21H16. The van der Waals surface area contributed by atoms with E-state index in [9.17, 15) is 0 Å². The molecule has 0 heterocycles. The smallest absolute Gasteiger partial charge is 0.0211 e. The monoisotopic (exact) mass is 268 g/mol. The Hall–Kier alpha value is -2.60. The molecule has 0 saturated carbocycles. The molecule has 1 unspecified atom stereocenters. The molecule has 1 atom stereocenters. The molecule has 2 aromatic carbocycles. The summed E-state index contributed by atoms with van der Waals surface area (Å²) in [5.74, 6) is 0.349. The minimum Gasteiger partial charge on any atom is -0.0732 e. The van der Waals surface area contributed by atoms with E-state index >= 15 is 0 Å². The lowest BCUT2D eigenvalue weighted by molar-refractivity contribution is 1.08. The molecule has 0 N–H and O–H groups in total. The quantitative estimate of drug-likeness (QED) is 0.688. The molecule has 2 aliphatic carbocycles. The molecule has 0 bridgehead atoms. The Morgan fingerprint density at radius 1 is 0.619 bits per heavy atom. The number of hydrogen-bond acceptors (Lipinski definition) is 0. The van der Waals surface area contributed by atoms with Crippen LogP contribution in [-0.4, -0.2) is 0 Å². The zero-order chi connectivity index (χ0) is 14.1. The Morgan fingerprint density at radius 3 is 2.24 bits per heavy atom. The fourth-order valence-electron chi connectivity index (χ4n) is 3.13. The summed E-state index contributed by atoms with van der Waals surface area (Å²) >= 11 is 0. The molecule has 0 aliphatic heterocycles. The van der Waals surface area contributed by atoms with Gasteiger partial charge in [0.15, 0.2) is 0 Å². The summed E-state index contributed by atoms with van der Waals surface area (Å²) in [4.78, 5) is 0. The van der Waals surface area contributed by atoms with Crippen LogP contribution in [0, 0.1) is 16.4 Å². The predicted molar refractivity (Wildman–Crippen MR) is 88.6 cm³/mol. The largest absolute Gasteiger partial charge is 0.0732 e. The lowest BCUT2D eigenvalue weighted by Gasteiger charge is -2.13. The number of rotatable bonds is 0. The minimum atomic E-state index is 0.349. The zero-order valence-corrected chi connectivity index (χ0v) is 11.7. The van der Waals surface area contributed by atoms with Gasteiger partial charge < -0.3 is 0 Å². The lowest BCUT2D eigenvalue weighted by atomic mass is 9.91. The van der Waals surface area contributed by atoms with Crippen LogP contribution >= 0.6 is 0 Å². The van der Waals surface area contributed by atoms with E-state index in [0.29, 0.717) is 5.92 Å². The van der Waals surface area contributed by atoms with Crippen molar-refractivity contribution in [3.05, 3.63) is 106 Å². The van der Waals surface area contributed by atoms with Crippen LogP contribution in [0.4, 0.5) is 0 Å². The van der Waals surface area contributed by atoms with Gasteiger partial charge in [-0.05, 0) is 26.4 Å². The molecular weight excluding hydrogens is 252 g/mol. The molecule has 0 saturated heterocycles. The number of hydrogen-bond donors (Lipinski definition) is 0. The third-order valence-corrected chi connectivity index (χ3v) is 4.15. The highest BCUT2D eigenvalue weighted by molar-refractivity contribution is 5.66. The minimum absolute atomic E-state index is 0.349. The molecule has 0 radical (unpaired) electrons. The first-order chi connectivity index (χ1) is 10.4. The van der Waals surface area contributed by atoms with Gasteiger partial charge in [0.2, 0.25) is 0 Å². The van der Waals surface area contributed by atoms with Crippen molar-refractivity contribution in [3.8, 4) is 0 Å². The highest BCUT2D eigenvalue weighted by atomic mass is 14.1. The Balaban J connectivity index is 2.34. The van der Waals surface area contributed by atoms with Crippen molar-refractivity contribution in [1.82, 2.24) is 0 Å². The molecule has 21 heavy (non-hydrogen) atoms. The van der Waals surface area contributed by atoms with Gasteiger partial charge in [0.25, 0.3) is 0 Å². The van der Waals surface area contributed by atoms with Crippen LogP contribution in [0.15, 0.2) is 85.0 Å². The first kappa shape index (κ1) is 12.2. The van der Waals surface area contributed by atoms with E-state index in [-0.39, 0.29) is 0 Å². The fraction of sp³-hybridized carbons (Fsp3) is 0.0476. The van der Waals surface area contributed by atoms with Gasteiger partial charge in [-0.15, -0.1) is 0 Å². The van der Waals surface area contributed by atoms with Crippen molar-refractivity contribution in [2.75, 3.05) is 0 Å². The summed E-state index contributed by atoms with van der Waals surface area (Å²) in [5, 5.41) is 5.21. The van der Waals surface area contributed by atoms with Gasteiger partial charge >= 0.3 is 0 Å². The Bertz CT molecular complexity index is 985. The second kappa shape index (κ2) is 5.06. The maximum atomic E-state index is 2.27. The second-order valence-corrected chi connectivity index (χ2v) is 5.41. The molecule has 4 rings (SSSR count).